The maximum absolute atomic E-state index is 2.28. The minimum Gasteiger partial charge on any atom is -0.0654 e. The van der Waals surface area contributed by atoms with Gasteiger partial charge in [-0.25, -0.2) is 0 Å². The minimum absolute atomic E-state index is 0.709. The Labute approximate surface area is 140 Å². The van der Waals surface area contributed by atoms with E-state index in [-0.39, 0.29) is 0 Å². The van der Waals surface area contributed by atoms with Crippen LogP contribution in [-0.4, -0.2) is 0 Å². The first-order valence-corrected chi connectivity index (χ1v) is 9.81. The first-order valence-electron chi connectivity index (χ1n) is 9.81. The molecule has 0 spiro atoms. The van der Waals surface area contributed by atoms with Crippen molar-refractivity contribution in [2.45, 2.75) is 104 Å². The summed E-state index contributed by atoms with van der Waals surface area (Å²) in [5, 5.41) is 0. The molecule has 1 atom stereocenters. The van der Waals surface area contributed by atoms with Gasteiger partial charge in [-0.05, 0) is 17.9 Å². The molecule has 0 aliphatic carbocycles. The quantitative estimate of drug-likeness (QED) is 0.362. The second-order valence-corrected chi connectivity index (χ2v) is 6.55. The van der Waals surface area contributed by atoms with Crippen LogP contribution in [0.5, 0.6) is 0 Å². The van der Waals surface area contributed by atoms with E-state index in [1.54, 1.807) is 0 Å². The summed E-state index contributed by atoms with van der Waals surface area (Å²) in [6.07, 6.45) is 15.7. The van der Waals surface area contributed by atoms with E-state index in [1.165, 1.54) is 76.2 Å². The van der Waals surface area contributed by atoms with Gasteiger partial charge in [0.2, 0.25) is 0 Å². The van der Waals surface area contributed by atoms with E-state index in [0.29, 0.717) is 5.92 Å². The number of rotatable bonds is 11. The van der Waals surface area contributed by atoms with Gasteiger partial charge < -0.3 is 0 Å². The number of hydrogen-bond donors (Lipinski definition) is 0. The van der Waals surface area contributed by atoms with Gasteiger partial charge in [-0.2, -0.15) is 0 Å². The molecule has 0 nitrogen and oxygen atoms in total. The third kappa shape index (κ3) is 12.9. The van der Waals surface area contributed by atoms with Crippen LogP contribution in [0.25, 0.3) is 0 Å². The van der Waals surface area contributed by atoms with E-state index in [9.17, 15) is 0 Å². The second kappa shape index (κ2) is 16.6. The van der Waals surface area contributed by atoms with Gasteiger partial charge in [-0.1, -0.05) is 122 Å². The first kappa shape index (κ1) is 21.2. The van der Waals surface area contributed by atoms with Gasteiger partial charge in [0.1, 0.15) is 0 Å². The molecule has 0 aliphatic rings. The lowest BCUT2D eigenvalue weighted by Gasteiger charge is -2.06. The molecule has 1 aromatic carbocycles. The summed E-state index contributed by atoms with van der Waals surface area (Å²) in [7, 11) is 0. The number of hydrogen-bond acceptors (Lipinski definition) is 0. The predicted molar refractivity (Wildman–Crippen MR) is 103 cm³/mol. The van der Waals surface area contributed by atoms with Gasteiger partial charge in [0.25, 0.3) is 0 Å². The van der Waals surface area contributed by atoms with Crippen molar-refractivity contribution in [3.63, 3.8) is 0 Å². The van der Waals surface area contributed by atoms with Crippen molar-refractivity contribution in [1.29, 1.82) is 0 Å². The van der Waals surface area contributed by atoms with E-state index in [2.05, 4.69) is 58.0 Å². The average molecular weight is 305 g/mol. The first-order chi connectivity index (χ1) is 10.8. The zero-order valence-corrected chi connectivity index (χ0v) is 15.7. The van der Waals surface area contributed by atoms with Crippen LogP contribution in [0.15, 0.2) is 30.3 Å². The molecule has 0 saturated carbocycles. The molecule has 22 heavy (non-hydrogen) atoms. The van der Waals surface area contributed by atoms with Crippen LogP contribution in [0.2, 0.25) is 0 Å². The minimum atomic E-state index is 0.709. The Morgan fingerprint density at radius 3 is 1.41 bits per heavy atom. The molecule has 0 heterocycles. The maximum atomic E-state index is 2.28. The highest BCUT2D eigenvalue weighted by molar-refractivity contribution is 5.18. The highest BCUT2D eigenvalue weighted by atomic mass is 14.0. The lowest BCUT2D eigenvalue weighted by molar-refractivity contribution is 0.562. The molecule has 0 N–H and O–H groups in total. The van der Waals surface area contributed by atoms with Gasteiger partial charge >= 0.3 is 0 Å². The monoisotopic (exact) mass is 304 g/mol. The summed E-state index contributed by atoms with van der Waals surface area (Å²) >= 11 is 0. The second-order valence-electron chi connectivity index (χ2n) is 6.55. The molecule has 0 saturated heterocycles. The SMILES string of the molecule is CCC(C)c1ccccc1.CCCCCCCCCCCC. The molecule has 0 fully saturated rings. The van der Waals surface area contributed by atoms with Crippen LogP contribution in [0, 0.1) is 0 Å². The molecule has 0 heteroatoms. The summed E-state index contributed by atoms with van der Waals surface area (Å²) < 4.78 is 0. The molecule has 0 aromatic heterocycles. The molecule has 0 amide bonds. The third-order valence-electron chi connectivity index (χ3n) is 4.44. The molecule has 1 rings (SSSR count). The Morgan fingerprint density at radius 1 is 0.636 bits per heavy atom. The van der Waals surface area contributed by atoms with Crippen molar-refractivity contribution in [1.82, 2.24) is 0 Å². The van der Waals surface area contributed by atoms with Crippen LogP contribution in [0.1, 0.15) is 110 Å². The smallest absolute Gasteiger partial charge is 0.0193 e. The molecule has 0 bridgehead atoms. The fraction of sp³-hybridized carbons (Fsp3) is 0.727. The normalized spacial score (nSPS) is 11.6. The zero-order valence-electron chi connectivity index (χ0n) is 15.7. The topological polar surface area (TPSA) is 0 Å². The van der Waals surface area contributed by atoms with E-state index in [4.69, 9.17) is 0 Å². The molecular weight excluding hydrogens is 264 g/mol. The van der Waals surface area contributed by atoms with Gasteiger partial charge in [-0.15, -0.1) is 0 Å². The zero-order chi connectivity index (χ0) is 16.5. The fourth-order valence-corrected chi connectivity index (χ4v) is 2.58. The molecule has 0 radical (unpaired) electrons. The van der Waals surface area contributed by atoms with Crippen LogP contribution in [0.3, 0.4) is 0 Å². The van der Waals surface area contributed by atoms with Crippen molar-refractivity contribution in [2.24, 2.45) is 0 Å². The standard InChI is InChI=1S/C12H26.C10H14/c1-3-5-7-9-11-12-10-8-6-4-2;1-3-9(2)10-7-5-4-6-8-10/h3-12H2,1-2H3;4-9H,3H2,1-2H3. The van der Waals surface area contributed by atoms with Crippen molar-refractivity contribution in [2.75, 3.05) is 0 Å². The Morgan fingerprint density at radius 2 is 1.05 bits per heavy atom. The molecule has 1 aromatic rings. The highest BCUT2D eigenvalue weighted by Crippen LogP contribution is 2.16. The van der Waals surface area contributed by atoms with Gasteiger partial charge in [0.05, 0.1) is 0 Å². The Balaban J connectivity index is 0.000000406. The molecule has 1 unspecified atom stereocenters. The summed E-state index contributed by atoms with van der Waals surface area (Å²) in [6, 6.07) is 10.6. The van der Waals surface area contributed by atoms with E-state index >= 15 is 0 Å². The van der Waals surface area contributed by atoms with Gasteiger partial charge in [-0.3, -0.25) is 0 Å². The highest BCUT2D eigenvalue weighted by Gasteiger charge is 1.98. The van der Waals surface area contributed by atoms with Crippen LogP contribution < -0.4 is 0 Å². The summed E-state index contributed by atoms with van der Waals surface area (Å²) in [5.74, 6) is 0.709. The van der Waals surface area contributed by atoms with Crippen molar-refractivity contribution < 1.29 is 0 Å². The van der Waals surface area contributed by atoms with Crippen molar-refractivity contribution in [3.05, 3.63) is 35.9 Å². The van der Waals surface area contributed by atoms with E-state index < -0.39 is 0 Å². The Hall–Kier alpha value is -0.780. The average Bonchev–Trinajstić information content (AvgIpc) is 2.58. The Bertz CT molecular complexity index is 291. The van der Waals surface area contributed by atoms with Crippen LogP contribution >= 0.6 is 0 Å². The summed E-state index contributed by atoms with van der Waals surface area (Å²) in [5.41, 5.74) is 1.45. The molecule has 0 aliphatic heterocycles. The Kier molecular flexibility index (Phi) is 16.0. The largest absolute Gasteiger partial charge is 0.0654 e. The van der Waals surface area contributed by atoms with Gasteiger partial charge in [0.15, 0.2) is 0 Å². The van der Waals surface area contributed by atoms with Crippen LogP contribution in [0.4, 0.5) is 0 Å². The van der Waals surface area contributed by atoms with Gasteiger partial charge in [0, 0.05) is 0 Å². The van der Waals surface area contributed by atoms with E-state index in [0.717, 1.165) is 0 Å². The molecular formula is C22H40. The lowest BCUT2D eigenvalue weighted by Crippen LogP contribution is -1.88. The third-order valence-corrected chi connectivity index (χ3v) is 4.44. The fourth-order valence-electron chi connectivity index (χ4n) is 2.58. The lowest BCUT2D eigenvalue weighted by atomic mass is 9.99. The number of benzene rings is 1. The summed E-state index contributed by atoms with van der Waals surface area (Å²) in [4.78, 5) is 0. The summed E-state index contributed by atoms with van der Waals surface area (Å²) in [6.45, 7) is 9.04. The van der Waals surface area contributed by atoms with Crippen molar-refractivity contribution in [3.8, 4) is 0 Å². The van der Waals surface area contributed by atoms with Crippen molar-refractivity contribution >= 4 is 0 Å². The maximum Gasteiger partial charge on any atom is -0.0193 e. The number of unbranched alkanes of at least 4 members (excludes halogenated alkanes) is 9. The molecule has 128 valence electrons. The van der Waals surface area contributed by atoms with E-state index in [1.807, 2.05) is 0 Å². The van der Waals surface area contributed by atoms with Crippen LogP contribution in [-0.2, 0) is 0 Å². The predicted octanol–water partition coefficient (Wildman–Crippen LogP) is 8.13.